The Bertz CT molecular complexity index is 1350. The van der Waals surface area contributed by atoms with Gasteiger partial charge in [0.15, 0.2) is 23.6 Å². The number of carboxylic acid groups (broad SMARTS) is 2. The number of hydrogen-bond acceptors (Lipinski definition) is 8. The standard InChI is InChI=1S/C27H29NO5.C6H14N4O2/c1-2-3-17-32-26(27(29)30)19-20-12-14-21(15-13-20)31-18-16-28-22-8-4-6-10-24(22)33-25-11-7-5-9-23(25)28;7-4(5(11)12)2-1-3-10-6(8)9/h4-15,26H,2-3,16-19H2,1H3,(H,29,30);4H,1-3,7H2,(H,11,12)(H4,8,9,10)/t26-;/m0./s1. The maximum Gasteiger partial charge on any atom is 0.333 e. The number of fused-ring (bicyclic) bond motifs is 2. The second-order valence-electron chi connectivity index (χ2n) is 10.3. The van der Waals surface area contributed by atoms with Gasteiger partial charge in [-0.15, -0.1) is 0 Å². The number of hydrogen-bond donors (Lipinski definition) is 5. The van der Waals surface area contributed by atoms with Gasteiger partial charge in [0.25, 0.3) is 0 Å². The van der Waals surface area contributed by atoms with Crippen molar-refractivity contribution < 1.29 is 34.0 Å². The maximum absolute atomic E-state index is 11.5. The molecule has 1 heterocycles. The first-order valence-electron chi connectivity index (χ1n) is 14.9. The predicted molar refractivity (Wildman–Crippen MR) is 173 cm³/mol. The Balaban J connectivity index is 0.000000392. The van der Waals surface area contributed by atoms with E-state index in [1.807, 2.05) is 72.8 Å². The molecular weight excluding hydrogens is 578 g/mol. The van der Waals surface area contributed by atoms with Crippen LogP contribution in [0, 0.1) is 0 Å². The Labute approximate surface area is 263 Å². The average Bonchev–Trinajstić information content (AvgIpc) is 3.03. The predicted octanol–water partition coefficient (Wildman–Crippen LogP) is 4.27. The van der Waals surface area contributed by atoms with Gasteiger partial charge in [0.1, 0.15) is 18.4 Å². The molecule has 1 unspecified atom stereocenters. The van der Waals surface area contributed by atoms with Crippen LogP contribution in [0.25, 0.3) is 0 Å². The summed E-state index contributed by atoms with van der Waals surface area (Å²) >= 11 is 0. The van der Waals surface area contributed by atoms with Crippen molar-refractivity contribution in [1.82, 2.24) is 0 Å². The number of anilines is 2. The number of guanidine groups is 1. The van der Waals surface area contributed by atoms with E-state index >= 15 is 0 Å². The summed E-state index contributed by atoms with van der Waals surface area (Å²) in [7, 11) is 0. The van der Waals surface area contributed by atoms with Crippen molar-refractivity contribution in [3.63, 3.8) is 0 Å². The number of carboxylic acids is 2. The minimum Gasteiger partial charge on any atom is -0.492 e. The number of rotatable bonds is 16. The van der Waals surface area contributed by atoms with Crippen molar-refractivity contribution in [3.05, 3.63) is 78.4 Å². The van der Waals surface area contributed by atoms with E-state index in [1.165, 1.54) is 0 Å². The molecule has 3 aromatic carbocycles. The minimum absolute atomic E-state index is 0.0129. The molecule has 0 aromatic heterocycles. The molecule has 8 N–H and O–H groups in total. The Morgan fingerprint density at radius 3 is 2.07 bits per heavy atom. The molecule has 2 atom stereocenters. The lowest BCUT2D eigenvalue weighted by atomic mass is 10.1. The van der Waals surface area contributed by atoms with Crippen molar-refractivity contribution in [1.29, 1.82) is 0 Å². The van der Waals surface area contributed by atoms with Crippen LogP contribution in [-0.2, 0) is 20.7 Å². The number of para-hydroxylation sites is 4. The van der Waals surface area contributed by atoms with E-state index < -0.39 is 24.1 Å². The summed E-state index contributed by atoms with van der Waals surface area (Å²) in [5.41, 5.74) is 18.3. The van der Waals surface area contributed by atoms with E-state index in [2.05, 4.69) is 16.8 Å². The quantitative estimate of drug-likeness (QED) is 0.0870. The van der Waals surface area contributed by atoms with Crippen LogP contribution < -0.4 is 31.6 Å². The first-order chi connectivity index (χ1) is 21.7. The van der Waals surface area contributed by atoms with E-state index in [0.717, 1.165) is 47.0 Å². The summed E-state index contributed by atoms with van der Waals surface area (Å²) in [6, 6.07) is 22.7. The molecule has 0 saturated heterocycles. The van der Waals surface area contributed by atoms with Gasteiger partial charge >= 0.3 is 11.9 Å². The molecule has 0 saturated carbocycles. The lowest BCUT2D eigenvalue weighted by molar-refractivity contribution is -0.150. The second-order valence-corrected chi connectivity index (χ2v) is 10.3. The fraction of sp³-hybridized carbons (Fsp3) is 0.364. The number of nitrogens with two attached hydrogens (primary N) is 3. The van der Waals surface area contributed by atoms with Gasteiger partial charge in [0.05, 0.1) is 17.9 Å². The molecule has 12 nitrogen and oxygen atoms in total. The smallest absolute Gasteiger partial charge is 0.333 e. The number of nitrogens with zero attached hydrogens (tertiary/aromatic N) is 2. The summed E-state index contributed by atoms with van der Waals surface area (Å²) in [5, 5.41) is 17.8. The fourth-order valence-electron chi connectivity index (χ4n) is 4.44. The zero-order valence-electron chi connectivity index (χ0n) is 25.5. The summed E-state index contributed by atoms with van der Waals surface area (Å²) < 4.78 is 17.5. The van der Waals surface area contributed by atoms with Gasteiger partial charge in [-0.2, -0.15) is 0 Å². The van der Waals surface area contributed by atoms with E-state index in [9.17, 15) is 14.7 Å². The van der Waals surface area contributed by atoms with Crippen LogP contribution in [0.4, 0.5) is 11.4 Å². The average molecular weight is 622 g/mol. The van der Waals surface area contributed by atoms with Crippen molar-refractivity contribution in [2.45, 2.75) is 51.2 Å². The van der Waals surface area contributed by atoms with Gasteiger partial charge in [-0.05, 0) is 61.2 Å². The number of benzene rings is 3. The van der Waals surface area contributed by atoms with Crippen molar-refractivity contribution in [2.24, 2.45) is 22.2 Å². The summed E-state index contributed by atoms with van der Waals surface area (Å²) in [6.45, 7) is 4.08. The molecule has 0 radical (unpaired) electrons. The molecule has 45 heavy (non-hydrogen) atoms. The third-order valence-corrected chi connectivity index (χ3v) is 6.84. The van der Waals surface area contributed by atoms with E-state index in [-0.39, 0.29) is 5.96 Å². The lowest BCUT2D eigenvalue weighted by Crippen LogP contribution is -2.30. The Morgan fingerprint density at radius 2 is 1.51 bits per heavy atom. The van der Waals surface area contributed by atoms with Gasteiger partial charge in [0, 0.05) is 19.6 Å². The van der Waals surface area contributed by atoms with Crippen LogP contribution in [0.2, 0.25) is 0 Å². The van der Waals surface area contributed by atoms with Gasteiger partial charge in [-0.1, -0.05) is 49.7 Å². The molecule has 4 rings (SSSR count). The first-order valence-corrected chi connectivity index (χ1v) is 14.9. The van der Waals surface area contributed by atoms with Crippen LogP contribution in [0.15, 0.2) is 77.8 Å². The van der Waals surface area contributed by atoms with Crippen LogP contribution >= 0.6 is 0 Å². The number of aliphatic imine (C=N–C) groups is 1. The molecule has 3 aromatic rings. The van der Waals surface area contributed by atoms with E-state index in [0.29, 0.717) is 45.6 Å². The molecule has 242 valence electrons. The summed E-state index contributed by atoms with van der Waals surface area (Å²) in [4.78, 5) is 27.6. The first kappa shape index (κ1) is 34.7. The molecular formula is C33H43N5O7. The van der Waals surface area contributed by atoms with Crippen molar-refractivity contribution in [2.75, 3.05) is 31.2 Å². The highest BCUT2D eigenvalue weighted by atomic mass is 16.5. The fourth-order valence-corrected chi connectivity index (χ4v) is 4.44. The van der Waals surface area contributed by atoms with Crippen molar-refractivity contribution in [3.8, 4) is 17.2 Å². The molecule has 0 bridgehead atoms. The van der Waals surface area contributed by atoms with Crippen LogP contribution in [0.5, 0.6) is 17.2 Å². The van der Waals surface area contributed by atoms with Crippen LogP contribution in [0.3, 0.4) is 0 Å². The zero-order valence-corrected chi connectivity index (χ0v) is 25.5. The van der Waals surface area contributed by atoms with E-state index in [1.54, 1.807) is 0 Å². The molecule has 12 heteroatoms. The molecule has 1 aliphatic heterocycles. The van der Waals surface area contributed by atoms with Gasteiger partial charge < -0.3 is 46.5 Å². The summed E-state index contributed by atoms with van der Waals surface area (Å²) in [5.74, 6) is 0.479. The van der Waals surface area contributed by atoms with Gasteiger partial charge in [-0.25, -0.2) is 4.79 Å². The zero-order chi connectivity index (χ0) is 32.6. The highest BCUT2D eigenvalue weighted by Gasteiger charge is 2.23. The summed E-state index contributed by atoms with van der Waals surface area (Å²) in [6.07, 6.45) is 2.29. The highest BCUT2D eigenvalue weighted by Crippen LogP contribution is 2.45. The van der Waals surface area contributed by atoms with Gasteiger partial charge in [-0.3, -0.25) is 9.79 Å². The normalized spacial score (nSPS) is 12.7. The van der Waals surface area contributed by atoms with Crippen molar-refractivity contribution >= 4 is 29.3 Å². The number of unbranched alkanes of at least 4 members (excludes halogenated alkanes) is 1. The number of ether oxygens (including phenoxy) is 3. The third-order valence-electron chi connectivity index (χ3n) is 6.84. The largest absolute Gasteiger partial charge is 0.492 e. The topological polar surface area (TPSA) is 196 Å². The van der Waals surface area contributed by atoms with E-state index in [4.69, 9.17) is 36.5 Å². The molecule has 0 spiro atoms. The Kier molecular flexibility index (Phi) is 14.0. The van der Waals surface area contributed by atoms with Crippen LogP contribution in [0.1, 0.15) is 38.2 Å². The molecule has 0 aliphatic carbocycles. The third kappa shape index (κ3) is 11.3. The molecule has 1 aliphatic rings. The lowest BCUT2D eigenvalue weighted by Gasteiger charge is -2.32. The molecule has 0 fully saturated rings. The minimum atomic E-state index is -1.00. The number of carbonyl (C=O) groups is 2. The highest BCUT2D eigenvalue weighted by molar-refractivity contribution is 5.78. The van der Waals surface area contributed by atoms with Crippen LogP contribution in [-0.4, -0.2) is 66.6 Å². The Hall–Kier alpha value is -4.81. The number of aliphatic carboxylic acids is 2. The Morgan fingerprint density at radius 1 is 0.889 bits per heavy atom. The monoisotopic (exact) mass is 621 g/mol. The maximum atomic E-state index is 11.5. The second kappa shape index (κ2) is 18.1. The molecule has 0 amide bonds. The van der Waals surface area contributed by atoms with Gasteiger partial charge in [0.2, 0.25) is 0 Å². The SMILES string of the molecule is CCCCO[C@@H](Cc1ccc(OCCN2c3ccccc3Oc3ccccc32)cc1)C(=O)O.NC(N)=NCCCC(N)C(=O)O.